The molecule has 20 heavy (non-hydrogen) atoms. The van der Waals surface area contributed by atoms with E-state index < -0.39 is 11.6 Å². The zero-order chi connectivity index (χ0) is 15.0. The van der Waals surface area contributed by atoms with Crippen molar-refractivity contribution in [2.24, 2.45) is 0 Å². The van der Waals surface area contributed by atoms with Crippen LogP contribution in [0.4, 0.5) is 8.78 Å². The van der Waals surface area contributed by atoms with E-state index in [1.165, 1.54) is 6.07 Å². The normalized spacial score (nSPS) is 12.6. The van der Waals surface area contributed by atoms with Gasteiger partial charge in [-0.15, -0.1) is 0 Å². The maximum atomic E-state index is 14.0. The Kier molecular flexibility index (Phi) is 4.28. The van der Waals surface area contributed by atoms with Gasteiger partial charge in [-0.05, 0) is 61.6 Å². The molecular weight excluding hydrogens is 322 g/mol. The van der Waals surface area contributed by atoms with Crippen LogP contribution in [0.15, 0.2) is 24.3 Å². The first-order valence-corrected chi connectivity index (χ1v) is 7.41. The molecule has 0 amide bonds. The van der Waals surface area contributed by atoms with Crippen molar-refractivity contribution in [3.05, 3.63) is 69.3 Å². The first-order valence-electron chi connectivity index (χ1n) is 6.49. The second-order valence-corrected chi connectivity index (χ2v) is 6.10. The summed E-state index contributed by atoms with van der Waals surface area (Å²) in [5.74, 6) is -1.60. The van der Waals surface area contributed by atoms with Gasteiger partial charge in [0, 0.05) is 5.56 Å². The number of alkyl halides is 1. The smallest absolute Gasteiger partial charge is 0.163 e. The third-order valence-electron chi connectivity index (χ3n) is 3.93. The van der Waals surface area contributed by atoms with Gasteiger partial charge in [0.05, 0.1) is 4.83 Å². The summed E-state index contributed by atoms with van der Waals surface area (Å²) in [7, 11) is 0. The lowest BCUT2D eigenvalue weighted by Gasteiger charge is -2.20. The molecule has 0 radical (unpaired) electrons. The second kappa shape index (κ2) is 5.65. The molecule has 0 saturated heterocycles. The van der Waals surface area contributed by atoms with Crippen molar-refractivity contribution >= 4 is 15.9 Å². The van der Waals surface area contributed by atoms with Crippen LogP contribution in [0.5, 0.6) is 0 Å². The molecule has 0 N–H and O–H groups in total. The van der Waals surface area contributed by atoms with Crippen LogP contribution < -0.4 is 0 Å². The van der Waals surface area contributed by atoms with Crippen molar-refractivity contribution in [1.82, 2.24) is 0 Å². The van der Waals surface area contributed by atoms with E-state index in [1.807, 2.05) is 27.7 Å². The molecule has 0 saturated carbocycles. The summed E-state index contributed by atoms with van der Waals surface area (Å²) in [6.07, 6.45) is 0. The summed E-state index contributed by atoms with van der Waals surface area (Å²) in [5, 5.41) is 0. The maximum absolute atomic E-state index is 14.0. The fourth-order valence-electron chi connectivity index (χ4n) is 2.50. The van der Waals surface area contributed by atoms with Gasteiger partial charge < -0.3 is 0 Å². The van der Waals surface area contributed by atoms with Crippen LogP contribution in [0.25, 0.3) is 0 Å². The first kappa shape index (κ1) is 15.2. The fraction of sp³-hybridized carbons (Fsp3) is 0.294. The van der Waals surface area contributed by atoms with Gasteiger partial charge in [-0.25, -0.2) is 8.78 Å². The average Bonchev–Trinajstić information content (AvgIpc) is 2.40. The molecule has 0 aliphatic rings. The minimum Gasteiger partial charge on any atom is -0.204 e. The summed E-state index contributed by atoms with van der Waals surface area (Å²) in [6.45, 7) is 8.10. The summed E-state index contributed by atoms with van der Waals surface area (Å²) >= 11 is 3.54. The van der Waals surface area contributed by atoms with E-state index in [1.54, 1.807) is 6.07 Å². The highest BCUT2D eigenvalue weighted by Gasteiger charge is 2.22. The molecule has 0 nitrogen and oxygen atoms in total. The predicted molar refractivity (Wildman–Crippen MR) is 82.5 cm³/mol. The highest BCUT2D eigenvalue weighted by atomic mass is 79.9. The molecule has 0 aromatic heterocycles. The third-order valence-corrected chi connectivity index (χ3v) is 4.88. The van der Waals surface area contributed by atoms with Gasteiger partial charge in [0.25, 0.3) is 0 Å². The summed E-state index contributed by atoms with van der Waals surface area (Å²) in [5.41, 5.74) is 5.89. The molecule has 2 aromatic rings. The predicted octanol–water partition coefficient (Wildman–Crippen LogP) is 5.68. The summed E-state index contributed by atoms with van der Waals surface area (Å²) < 4.78 is 27.4. The molecule has 2 rings (SSSR count). The van der Waals surface area contributed by atoms with Crippen LogP contribution >= 0.6 is 15.9 Å². The minimum absolute atomic E-state index is 0.334. The Morgan fingerprint density at radius 2 is 1.50 bits per heavy atom. The Bertz CT molecular complexity index is 636. The van der Waals surface area contributed by atoms with E-state index in [4.69, 9.17) is 0 Å². The molecule has 3 heteroatoms. The largest absolute Gasteiger partial charge is 0.204 e. The Morgan fingerprint density at radius 3 is 2.05 bits per heavy atom. The minimum atomic E-state index is -0.813. The molecule has 0 aliphatic carbocycles. The SMILES string of the molecule is Cc1cc(C)c(C)c(C(Br)c2cccc(F)c2F)c1C. The van der Waals surface area contributed by atoms with Crippen LogP contribution in [0, 0.1) is 39.3 Å². The summed E-state index contributed by atoms with van der Waals surface area (Å²) in [4.78, 5) is -0.350. The Hall–Kier alpha value is -1.22. The third kappa shape index (κ3) is 2.51. The maximum Gasteiger partial charge on any atom is 0.163 e. The van der Waals surface area contributed by atoms with E-state index >= 15 is 0 Å². The fourth-order valence-corrected chi connectivity index (χ4v) is 3.54. The number of hydrogen-bond acceptors (Lipinski definition) is 0. The Morgan fingerprint density at radius 1 is 0.950 bits per heavy atom. The van der Waals surface area contributed by atoms with Crippen LogP contribution in [0.3, 0.4) is 0 Å². The van der Waals surface area contributed by atoms with Crippen molar-refractivity contribution in [2.45, 2.75) is 32.5 Å². The lowest BCUT2D eigenvalue weighted by atomic mass is 9.90. The molecule has 1 unspecified atom stereocenters. The molecule has 1 atom stereocenters. The number of rotatable bonds is 2. The number of halogens is 3. The van der Waals surface area contributed by atoms with Gasteiger partial charge in [-0.3, -0.25) is 0 Å². The molecule has 0 bridgehead atoms. The number of aryl methyl sites for hydroxylation is 2. The molecule has 0 heterocycles. The van der Waals surface area contributed by atoms with Gasteiger partial charge in [-0.1, -0.05) is 34.1 Å². The molecule has 2 aromatic carbocycles. The second-order valence-electron chi connectivity index (χ2n) is 5.18. The molecule has 0 aliphatic heterocycles. The average molecular weight is 339 g/mol. The van der Waals surface area contributed by atoms with Crippen molar-refractivity contribution in [2.75, 3.05) is 0 Å². The highest BCUT2D eigenvalue weighted by Crippen LogP contribution is 2.38. The van der Waals surface area contributed by atoms with Crippen LogP contribution in [-0.2, 0) is 0 Å². The van der Waals surface area contributed by atoms with Crippen molar-refractivity contribution in [3.8, 4) is 0 Å². The topological polar surface area (TPSA) is 0 Å². The van der Waals surface area contributed by atoms with Gasteiger partial charge in [-0.2, -0.15) is 0 Å². The van der Waals surface area contributed by atoms with Gasteiger partial charge in [0.2, 0.25) is 0 Å². The van der Waals surface area contributed by atoms with Crippen molar-refractivity contribution < 1.29 is 8.78 Å². The number of benzene rings is 2. The summed E-state index contributed by atoms with van der Waals surface area (Å²) in [6, 6.07) is 6.42. The molecule has 0 fully saturated rings. The Balaban J connectivity index is 2.65. The zero-order valence-electron chi connectivity index (χ0n) is 12.0. The van der Waals surface area contributed by atoms with Gasteiger partial charge in [0.1, 0.15) is 0 Å². The first-order chi connectivity index (χ1) is 9.34. The number of hydrogen-bond donors (Lipinski definition) is 0. The van der Waals surface area contributed by atoms with E-state index in [-0.39, 0.29) is 4.83 Å². The highest BCUT2D eigenvalue weighted by molar-refractivity contribution is 9.09. The molecular formula is C17H17BrF2. The lowest BCUT2D eigenvalue weighted by Crippen LogP contribution is -2.05. The molecule has 106 valence electrons. The van der Waals surface area contributed by atoms with E-state index in [0.717, 1.165) is 33.9 Å². The van der Waals surface area contributed by atoms with Crippen LogP contribution in [0.1, 0.15) is 38.2 Å². The molecule has 0 spiro atoms. The Labute approximate surface area is 127 Å². The van der Waals surface area contributed by atoms with Crippen molar-refractivity contribution in [1.29, 1.82) is 0 Å². The van der Waals surface area contributed by atoms with E-state index in [2.05, 4.69) is 22.0 Å². The van der Waals surface area contributed by atoms with Gasteiger partial charge in [0.15, 0.2) is 11.6 Å². The van der Waals surface area contributed by atoms with Crippen molar-refractivity contribution in [3.63, 3.8) is 0 Å². The quantitative estimate of drug-likeness (QED) is 0.617. The lowest BCUT2D eigenvalue weighted by molar-refractivity contribution is 0.500. The standard InChI is InChI=1S/C17H17BrF2/c1-9-8-10(2)12(4)15(11(9)3)16(18)13-6-5-7-14(19)17(13)20/h5-8,16H,1-4H3. The van der Waals surface area contributed by atoms with Crippen LogP contribution in [-0.4, -0.2) is 0 Å². The zero-order valence-corrected chi connectivity index (χ0v) is 13.6. The van der Waals surface area contributed by atoms with Gasteiger partial charge >= 0.3 is 0 Å². The van der Waals surface area contributed by atoms with E-state index in [0.29, 0.717) is 5.56 Å². The monoisotopic (exact) mass is 338 g/mol. The van der Waals surface area contributed by atoms with E-state index in [9.17, 15) is 8.78 Å². The van der Waals surface area contributed by atoms with Crippen LogP contribution in [0.2, 0.25) is 0 Å².